The highest BCUT2D eigenvalue weighted by molar-refractivity contribution is 6.06. The topological polar surface area (TPSA) is 85.3 Å². The Balaban J connectivity index is 2.47. The van der Waals surface area contributed by atoms with Crippen LogP contribution in [-0.2, 0) is 19.1 Å². The minimum absolute atomic E-state index is 0.0527. The number of esters is 2. The molecule has 25 heavy (non-hydrogen) atoms. The molecule has 0 bridgehead atoms. The van der Waals surface area contributed by atoms with Gasteiger partial charge in [-0.15, -0.1) is 0 Å². The molecule has 0 amide bonds. The summed E-state index contributed by atoms with van der Waals surface area (Å²) in [5.41, 5.74) is -0.993. The first-order chi connectivity index (χ1) is 12.0. The number of aliphatic hydroxyl groups is 1. The molecule has 0 aliphatic carbocycles. The monoisotopic (exact) mass is 351 g/mol. The van der Waals surface area contributed by atoms with Crippen LogP contribution in [0.15, 0.2) is 18.2 Å². The predicted molar refractivity (Wildman–Crippen MR) is 91.6 cm³/mol. The van der Waals surface area contributed by atoms with Crippen molar-refractivity contribution in [3.8, 4) is 5.75 Å². The van der Waals surface area contributed by atoms with Crippen molar-refractivity contribution in [2.45, 2.75) is 39.4 Å². The summed E-state index contributed by atoms with van der Waals surface area (Å²) >= 11 is 0. The first-order valence-corrected chi connectivity index (χ1v) is 8.56. The normalized spacial score (nSPS) is 17.4. The lowest BCUT2D eigenvalue weighted by Gasteiger charge is -2.26. The molecule has 0 radical (unpaired) electrons. The molecular formula is C18H25NO6. The number of rotatable bonds is 7. The lowest BCUT2D eigenvalue weighted by Crippen LogP contribution is -2.55. The van der Waals surface area contributed by atoms with E-state index in [-0.39, 0.29) is 19.0 Å². The van der Waals surface area contributed by atoms with Gasteiger partial charge in [-0.3, -0.25) is 0 Å². The van der Waals surface area contributed by atoms with Crippen LogP contribution in [0.4, 0.5) is 5.69 Å². The van der Waals surface area contributed by atoms with Crippen LogP contribution >= 0.6 is 0 Å². The number of benzene rings is 1. The fourth-order valence-corrected chi connectivity index (χ4v) is 2.94. The minimum atomic E-state index is -2.23. The van der Waals surface area contributed by atoms with Crippen molar-refractivity contribution in [2.75, 3.05) is 31.2 Å². The lowest BCUT2D eigenvalue weighted by molar-refractivity contribution is -0.187. The number of fused-ring (bicyclic) bond motifs is 1. The summed E-state index contributed by atoms with van der Waals surface area (Å²) in [6, 6.07) is 5.20. The first-order valence-electron chi connectivity index (χ1n) is 8.56. The summed E-state index contributed by atoms with van der Waals surface area (Å²) in [5.74, 6) is -1.64. The maximum Gasteiger partial charge on any atom is 0.365 e. The van der Waals surface area contributed by atoms with Gasteiger partial charge in [-0.25, -0.2) is 9.59 Å². The quantitative estimate of drug-likeness (QED) is 0.592. The molecule has 0 fully saturated rings. The van der Waals surface area contributed by atoms with Crippen molar-refractivity contribution in [3.05, 3.63) is 23.8 Å². The molecule has 1 N–H and O–H groups in total. The van der Waals surface area contributed by atoms with E-state index in [1.54, 1.807) is 26.0 Å². The van der Waals surface area contributed by atoms with Gasteiger partial charge in [0.15, 0.2) is 0 Å². The van der Waals surface area contributed by atoms with Crippen LogP contribution in [0.3, 0.4) is 0 Å². The summed E-state index contributed by atoms with van der Waals surface area (Å²) in [4.78, 5) is 27.0. The molecule has 7 heteroatoms. The molecule has 1 aliphatic heterocycles. The Morgan fingerprint density at radius 2 is 1.68 bits per heavy atom. The highest BCUT2D eigenvalue weighted by Gasteiger charge is 2.62. The zero-order valence-corrected chi connectivity index (χ0v) is 15.1. The van der Waals surface area contributed by atoms with Gasteiger partial charge in [0.05, 0.1) is 13.2 Å². The zero-order chi connectivity index (χ0) is 18.6. The van der Waals surface area contributed by atoms with Crippen LogP contribution in [0, 0.1) is 0 Å². The van der Waals surface area contributed by atoms with Gasteiger partial charge in [-0.1, -0.05) is 6.07 Å². The van der Waals surface area contributed by atoms with Crippen LogP contribution in [0.25, 0.3) is 0 Å². The first kappa shape index (κ1) is 19.1. The van der Waals surface area contributed by atoms with Gasteiger partial charge in [-0.05, 0) is 33.8 Å². The van der Waals surface area contributed by atoms with Gasteiger partial charge in [0.1, 0.15) is 11.9 Å². The number of ether oxygens (including phenoxy) is 3. The van der Waals surface area contributed by atoms with Gasteiger partial charge < -0.3 is 24.2 Å². The molecule has 138 valence electrons. The summed E-state index contributed by atoms with van der Waals surface area (Å²) in [6.45, 7) is 8.96. The maximum atomic E-state index is 12.5. The van der Waals surface area contributed by atoms with Gasteiger partial charge in [0, 0.05) is 30.4 Å². The third kappa shape index (κ3) is 3.16. The van der Waals surface area contributed by atoms with Crippen LogP contribution in [0.5, 0.6) is 5.75 Å². The molecule has 2 rings (SSSR count). The molecule has 1 aromatic carbocycles. The van der Waals surface area contributed by atoms with Crippen molar-refractivity contribution in [3.63, 3.8) is 0 Å². The van der Waals surface area contributed by atoms with Gasteiger partial charge in [-0.2, -0.15) is 0 Å². The van der Waals surface area contributed by atoms with E-state index in [4.69, 9.17) is 14.2 Å². The second-order valence-corrected chi connectivity index (χ2v) is 5.58. The van der Waals surface area contributed by atoms with Crippen LogP contribution in [0.2, 0.25) is 0 Å². The Kier molecular flexibility index (Phi) is 5.89. The summed E-state index contributed by atoms with van der Waals surface area (Å²) in [6.07, 6.45) is -1.49. The van der Waals surface area contributed by atoms with Crippen LogP contribution < -0.4 is 9.64 Å². The third-order valence-electron chi connectivity index (χ3n) is 4.23. The number of nitrogens with zero attached hydrogens (tertiary/aromatic N) is 1. The van der Waals surface area contributed by atoms with Crippen molar-refractivity contribution < 1.29 is 28.9 Å². The average Bonchev–Trinajstić information content (AvgIpc) is 2.90. The number of hydrogen-bond acceptors (Lipinski definition) is 7. The standard InChI is InChI=1S/C18H25NO6/c1-5-19(6-2)12-9-10-13-14(11-12)25-18(15(13)20,16(21)23-7-3)17(22)24-8-4/h9-11,15,20H,5-8H2,1-4H3. The van der Waals surface area contributed by atoms with Crippen molar-refractivity contribution >= 4 is 17.6 Å². The maximum absolute atomic E-state index is 12.5. The fraction of sp³-hybridized carbons (Fsp3) is 0.556. The van der Waals surface area contributed by atoms with Gasteiger partial charge >= 0.3 is 17.5 Å². The Morgan fingerprint density at radius 3 is 2.16 bits per heavy atom. The van der Waals surface area contributed by atoms with Crippen LogP contribution in [0.1, 0.15) is 39.4 Å². The minimum Gasteiger partial charge on any atom is -0.462 e. The van der Waals surface area contributed by atoms with Gasteiger partial charge in [0.25, 0.3) is 0 Å². The van der Waals surface area contributed by atoms with E-state index < -0.39 is 23.6 Å². The lowest BCUT2D eigenvalue weighted by atomic mass is 9.93. The number of anilines is 1. The van der Waals surface area contributed by atoms with E-state index in [1.807, 2.05) is 19.9 Å². The van der Waals surface area contributed by atoms with E-state index in [9.17, 15) is 14.7 Å². The number of hydrogen-bond donors (Lipinski definition) is 1. The molecule has 7 nitrogen and oxygen atoms in total. The summed E-state index contributed by atoms with van der Waals surface area (Å²) in [5, 5.41) is 10.7. The average molecular weight is 351 g/mol. The second-order valence-electron chi connectivity index (χ2n) is 5.58. The van der Waals surface area contributed by atoms with E-state index >= 15 is 0 Å². The molecule has 1 atom stereocenters. The predicted octanol–water partition coefficient (Wildman–Crippen LogP) is 1.82. The highest BCUT2D eigenvalue weighted by Crippen LogP contribution is 2.46. The fourth-order valence-electron chi connectivity index (χ4n) is 2.94. The Hall–Kier alpha value is -2.28. The largest absolute Gasteiger partial charge is 0.462 e. The number of carbonyl (C=O) groups excluding carboxylic acids is 2. The molecule has 0 aromatic heterocycles. The Bertz CT molecular complexity index is 622. The smallest absolute Gasteiger partial charge is 0.365 e. The molecule has 1 aliphatic rings. The van der Waals surface area contributed by atoms with Crippen LogP contribution in [-0.4, -0.2) is 48.9 Å². The number of carbonyl (C=O) groups is 2. The molecule has 0 saturated carbocycles. The SMILES string of the molecule is CCOC(=O)C1(C(=O)OCC)Oc2cc(N(CC)CC)ccc2C1O. The molecule has 0 saturated heterocycles. The summed E-state index contributed by atoms with van der Waals surface area (Å²) < 4.78 is 15.7. The second kappa shape index (κ2) is 7.74. The molecular weight excluding hydrogens is 326 g/mol. The molecule has 1 heterocycles. The van der Waals surface area contributed by atoms with E-state index in [0.717, 1.165) is 18.8 Å². The third-order valence-corrected chi connectivity index (χ3v) is 4.23. The van der Waals surface area contributed by atoms with E-state index in [0.29, 0.717) is 5.56 Å². The van der Waals surface area contributed by atoms with Crippen molar-refractivity contribution in [2.24, 2.45) is 0 Å². The van der Waals surface area contributed by atoms with Gasteiger partial charge in [0.2, 0.25) is 0 Å². The molecule has 1 aromatic rings. The highest BCUT2D eigenvalue weighted by atomic mass is 16.6. The Morgan fingerprint density at radius 1 is 1.12 bits per heavy atom. The van der Waals surface area contributed by atoms with E-state index in [2.05, 4.69) is 4.90 Å². The van der Waals surface area contributed by atoms with Crippen molar-refractivity contribution in [1.29, 1.82) is 0 Å². The van der Waals surface area contributed by atoms with Crippen molar-refractivity contribution in [1.82, 2.24) is 0 Å². The van der Waals surface area contributed by atoms with E-state index in [1.165, 1.54) is 0 Å². The molecule has 0 spiro atoms. The number of aliphatic hydroxyl groups excluding tert-OH is 1. The Labute approximate surface area is 147 Å². The zero-order valence-electron chi connectivity index (χ0n) is 15.1. The summed E-state index contributed by atoms with van der Waals surface area (Å²) in [7, 11) is 0. The molecule has 1 unspecified atom stereocenters.